The van der Waals surface area contributed by atoms with Gasteiger partial charge in [0.1, 0.15) is 0 Å². The van der Waals surface area contributed by atoms with E-state index < -0.39 is 0 Å². The Balaban J connectivity index is 2.27. The van der Waals surface area contributed by atoms with E-state index in [1.54, 1.807) is 0 Å². The summed E-state index contributed by atoms with van der Waals surface area (Å²) in [7, 11) is 2.17. The molecule has 1 nitrogen and oxygen atoms in total. The summed E-state index contributed by atoms with van der Waals surface area (Å²) in [5.41, 5.74) is 1.40. The van der Waals surface area contributed by atoms with E-state index >= 15 is 0 Å². The number of rotatable bonds is 6. The Morgan fingerprint density at radius 3 is 2.47 bits per heavy atom. The van der Waals surface area contributed by atoms with Crippen molar-refractivity contribution in [3.05, 3.63) is 34.3 Å². The summed E-state index contributed by atoms with van der Waals surface area (Å²) in [6.07, 6.45) is 2.29. The smallest absolute Gasteiger partial charge is 0.0175 e. The number of benzene rings is 1. The second-order valence-electron chi connectivity index (χ2n) is 3.76. The first-order valence-corrected chi connectivity index (χ1v) is 6.69. The Hall–Kier alpha value is 0.01000. The third-order valence-electron chi connectivity index (χ3n) is 2.39. The van der Waals surface area contributed by atoms with Crippen LogP contribution in [0.5, 0.6) is 0 Å². The molecule has 84 valence electrons. The van der Waals surface area contributed by atoms with E-state index in [1.807, 2.05) is 0 Å². The predicted molar refractivity (Wildman–Crippen MR) is 73.8 cm³/mol. The first kappa shape index (κ1) is 13.1. The van der Waals surface area contributed by atoms with Gasteiger partial charge >= 0.3 is 0 Å². The Kier molecular flexibility index (Phi) is 6.37. The normalized spacial score (nSPS) is 10.9. The van der Waals surface area contributed by atoms with Gasteiger partial charge in [0.05, 0.1) is 0 Å². The van der Waals surface area contributed by atoms with E-state index in [2.05, 4.69) is 64.8 Å². The van der Waals surface area contributed by atoms with Crippen molar-refractivity contribution >= 4 is 28.6 Å². The SMILES string of the molecule is CN(CCCS)CCc1ccc(Br)cc1. The van der Waals surface area contributed by atoms with E-state index in [0.717, 1.165) is 29.7 Å². The fourth-order valence-corrected chi connectivity index (χ4v) is 1.83. The molecule has 1 aromatic rings. The largest absolute Gasteiger partial charge is 0.306 e. The molecule has 0 saturated heterocycles. The Morgan fingerprint density at radius 2 is 1.87 bits per heavy atom. The number of thiol groups is 1. The lowest BCUT2D eigenvalue weighted by molar-refractivity contribution is 0.340. The monoisotopic (exact) mass is 287 g/mol. The topological polar surface area (TPSA) is 3.24 Å². The molecule has 0 saturated carbocycles. The molecule has 0 aliphatic rings. The van der Waals surface area contributed by atoms with Gasteiger partial charge < -0.3 is 4.90 Å². The molecule has 0 bridgehead atoms. The standard InChI is InChI=1S/C12H18BrNS/c1-14(8-2-10-15)9-7-11-3-5-12(13)6-4-11/h3-6,15H,2,7-10H2,1H3. The average molecular weight is 288 g/mol. The minimum Gasteiger partial charge on any atom is -0.306 e. The van der Waals surface area contributed by atoms with E-state index in [9.17, 15) is 0 Å². The molecule has 0 spiro atoms. The first-order valence-electron chi connectivity index (χ1n) is 5.26. The van der Waals surface area contributed by atoms with Gasteiger partial charge in [0.2, 0.25) is 0 Å². The van der Waals surface area contributed by atoms with Crippen molar-refractivity contribution in [1.29, 1.82) is 0 Å². The molecule has 0 fully saturated rings. The van der Waals surface area contributed by atoms with Crippen LogP contribution in [0.3, 0.4) is 0 Å². The summed E-state index contributed by atoms with van der Waals surface area (Å²) in [4.78, 5) is 2.36. The van der Waals surface area contributed by atoms with Crippen LogP contribution >= 0.6 is 28.6 Å². The maximum absolute atomic E-state index is 4.21. The molecule has 0 heterocycles. The minimum atomic E-state index is 0.975. The molecule has 0 aliphatic heterocycles. The van der Waals surface area contributed by atoms with Crippen molar-refractivity contribution in [3.63, 3.8) is 0 Å². The van der Waals surface area contributed by atoms with Crippen molar-refractivity contribution in [2.75, 3.05) is 25.9 Å². The zero-order chi connectivity index (χ0) is 11.1. The maximum Gasteiger partial charge on any atom is 0.0175 e. The van der Waals surface area contributed by atoms with Crippen LogP contribution in [-0.2, 0) is 6.42 Å². The van der Waals surface area contributed by atoms with Gasteiger partial charge in [0.25, 0.3) is 0 Å². The molecule has 1 aromatic carbocycles. The average Bonchev–Trinajstić information content (AvgIpc) is 2.25. The number of nitrogens with zero attached hydrogens (tertiary/aromatic N) is 1. The van der Waals surface area contributed by atoms with Gasteiger partial charge in [-0.3, -0.25) is 0 Å². The van der Waals surface area contributed by atoms with Crippen LogP contribution in [0.2, 0.25) is 0 Å². The Morgan fingerprint density at radius 1 is 1.20 bits per heavy atom. The van der Waals surface area contributed by atoms with Crippen molar-refractivity contribution in [2.24, 2.45) is 0 Å². The van der Waals surface area contributed by atoms with Gasteiger partial charge in [-0.2, -0.15) is 12.6 Å². The van der Waals surface area contributed by atoms with Crippen LogP contribution < -0.4 is 0 Å². The van der Waals surface area contributed by atoms with Gasteiger partial charge in [0.15, 0.2) is 0 Å². The molecule has 0 atom stereocenters. The van der Waals surface area contributed by atoms with E-state index in [4.69, 9.17) is 0 Å². The molecule has 0 amide bonds. The Bertz CT molecular complexity index is 273. The van der Waals surface area contributed by atoms with Gasteiger partial charge in [-0.05, 0) is 49.9 Å². The lowest BCUT2D eigenvalue weighted by atomic mass is 10.1. The lowest BCUT2D eigenvalue weighted by Crippen LogP contribution is -2.22. The zero-order valence-electron chi connectivity index (χ0n) is 9.12. The summed E-state index contributed by atoms with van der Waals surface area (Å²) in [6.45, 7) is 2.26. The fourth-order valence-electron chi connectivity index (χ4n) is 1.42. The van der Waals surface area contributed by atoms with Crippen molar-refractivity contribution in [1.82, 2.24) is 4.90 Å². The minimum absolute atomic E-state index is 0.975. The highest BCUT2D eigenvalue weighted by Crippen LogP contribution is 2.11. The molecule has 3 heteroatoms. The number of likely N-dealkylation sites (N-methyl/N-ethyl adjacent to an activating group) is 1. The summed E-state index contributed by atoms with van der Waals surface area (Å²) in [5.74, 6) is 0.975. The van der Waals surface area contributed by atoms with Crippen LogP contribution in [0.25, 0.3) is 0 Å². The van der Waals surface area contributed by atoms with E-state index in [1.165, 1.54) is 12.0 Å². The van der Waals surface area contributed by atoms with Crippen LogP contribution in [0.4, 0.5) is 0 Å². The van der Waals surface area contributed by atoms with Crippen molar-refractivity contribution in [2.45, 2.75) is 12.8 Å². The Labute approximate surface area is 106 Å². The quantitative estimate of drug-likeness (QED) is 0.786. The number of hydrogen-bond donors (Lipinski definition) is 1. The second-order valence-corrected chi connectivity index (χ2v) is 5.12. The molecular weight excluding hydrogens is 270 g/mol. The molecule has 15 heavy (non-hydrogen) atoms. The fraction of sp³-hybridized carbons (Fsp3) is 0.500. The van der Waals surface area contributed by atoms with Crippen molar-refractivity contribution in [3.8, 4) is 0 Å². The maximum atomic E-state index is 4.21. The summed E-state index contributed by atoms with van der Waals surface area (Å²) < 4.78 is 1.15. The summed E-state index contributed by atoms with van der Waals surface area (Å²) in [6, 6.07) is 8.55. The van der Waals surface area contributed by atoms with E-state index in [-0.39, 0.29) is 0 Å². The highest BCUT2D eigenvalue weighted by atomic mass is 79.9. The van der Waals surface area contributed by atoms with E-state index in [0.29, 0.717) is 0 Å². The van der Waals surface area contributed by atoms with Gasteiger partial charge in [0, 0.05) is 11.0 Å². The van der Waals surface area contributed by atoms with Crippen LogP contribution in [0, 0.1) is 0 Å². The molecule has 0 N–H and O–H groups in total. The van der Waals surface area contributed by atoms with Crippen molar-refractivity contribution < 1.29 is 0 Å². The zero-order valence-corrected chi connectivity index (χ0v) is 11.6. The molecule has 0 radical (unpaired) electrons. The highest BCUT2D eigenvalue weighted by Gasteiger charge is 1.98. The van der Waals surface area contributed by atoms with Gasteiger partial charge in [-0.1, -0.05) is 28.1 Å². The lowest BCUT2D eigenvalue weighted by Gasteiger charge is -2.15. The molecular formula is C12H18BrNS. The third kappa shape index (κ3) is 5.59. The number of hydrogen-bond acceptors (Lipinski definition) is 2. The molecule has 1 rings (SSSR count). The summed E-state index contributed by atoms with van der Waals surface area (Å²) in [5, 5.41) is 0. The van der Waals surface area contributed by atoms with Gasteiger partial charge in [-0.15, -0.1) is 0 Å². The molecule has 0 aromatic heterocycles. The van der Waals surface area contributed by atoms with Crippen LogP contribution in [-0.4, -0.2) is 30.8 Å². The van der Waals surface area contributed by atoms with Crippen LogP contribution in [0.15, 0.2) is 28.7 Å². The third-order valence-corrected chi connectivity index (χ3v) is 3.24. The molecule has 0 aliphatic carbocycles. The molecule has 0 unspecified atom stereocenters. The number of halogens is 1. The highest BCUT2D eigenvalue weighted by molar-refractivity contribution is 9.10. The summed E-state index contributed by atoms with van der Waals surface area (Å²) >= 11 is 7.65. The first-order chi connectivity index (χ1) is 7.22. The second kappa shape index (κ2) is 7.31. The predicted octanol–water partition coefficient (Wildman–Crippen LogP) is 3.24. The van der Waals surface area contributed by atoms with Gasteiger partial charge in [-0.25, -0.2) is 0 Å². The van der Waals surface area contributed by atoms with Crippen LogP contribution in [0.1, 0.15) is 12.0 Å².